The first-order valence-corrected chi connectivity index (χ1v) is 7.79. The molecule has 0 N–H and O–H groups in total. The lowest BCUT2D eigenvalue weighted by Crippen LogP contribution is -2.28. The van der Waals surface area contributed by atoms with Crippen LogP contribution in [0.2, 0.25) is 5.02 Å². The molecule has 0 amide bonds. The van der Waals surface area contributed by atoms with Crippen molar-refractivity contribution in [3.8, 4) is 0 Å². The third-order valence-corrected chi connectivity index (χ3v) is 3.90. The summed E-state index contributed by atoms with van der Waals surface area (Å²) in [6, 6.07) is 13.3. The first kappa shape index (κ1) is 15.7. The van der Waals surface area contributed by atoms with Crippen LogP contribution in [0.1, 0.15) is 11.3 Å². The third kappa shape index (κ3) is 3.44. The maximum atomic E-state index is 12.9. The number of aromatic nitrogens is 2. The lowest BCUT2D eigenvalue weighted by atomic mass is 10.1. The standard InChI is InChI=1S/C18H18ClN3O/c1-21(2)11-14-9-13-6-7-15(19)10-17(13)22(18(14)23)12-16-5-3-4-8-20-16/h3-10H,11-12H2,1-2H3. The zero-order valence-corrected chi connectivity index (χ0v) is 13.9. The highest BCUT2D eigenvalue weighted by Crippen LogP contribution is 2.20. The summed E-state index contributed by atoms with van der Waals surface area (Å²) in [6.07, 6.45) is 1.74. The van der Waals surface area contributed by atoms with Crippen LogP contribution in [-0.2, 0) is 13.1 Å². The van der Waals surface area contributed by atoms with E-state index in [2.05, 4.69) is 4.98 Å². The van der Waals surface area contributed by atoms with E-state index in [4.69, 9.17) is 11.6 Å². The summed E-state index contributed by atoms with van der Waals surface area (Å²) in [4.78, 5) is 19.2. The van der Waals surface area contributed by atoms with Gasteiger partial charge in [0.1, 0.15) is 0 Å². The number of fused-ring (bicyclic) bond motifs is 1. The molecular formula is C18H18ClN3O. The Hall–Kier alpha value is -2.17. The summed E-state index contributed by atoms with van der Waals surface area (Å²) in [7, 11) is 3.91. The predicted molar refractivity (Wildman–Crippen MR) is 93.9 cm³/mol. The summed E-state index contributed by atoms with van der Waals surface area (Å²) >= 11 is 6.13. The molecule has 0 bridgehead atoms. The van der Waals surface area contributed by atoms with E-state index in [1.165, 1.54) is 0 Å². The van der Waals surface area contributed by atoms with Crippen LogP contribution < -0.4 is 5.56 Å². The Labute approximate surface area is 140 Å². The monoisotopic (exact) mass is 327 g/mol. The molecule has 0 saturated heterocycles. The van der Waals surface area contributed by atoms with E-state index in [1.54, 1.807) is 10.8 Å². The highest BCUT2D eigenvalue weighted by molar-refractivity contribution is 6.31. The molecule has 3 aromatic rings. The van der Waals surface area contributed by atoms with Gasteiger partial charge in [-0.05, 0) is 49.8 Å². The molecule has 0 unspecified atom stereocenters. The van der Waals surface area contributed by atoms with Gasteiger partial charge in [0, 0.05) is 23.3 Å². The van der Waals surface area contributed by atoms with Gasteiger partial charge in [-0.2, -0.15) is 0 Å². The van der Waals surface area contributed by atoms with Crippen molar-refractivity contribution in [2.45, 2.75) is 13.1 Å². The average molecular weight is 328 g/mol. The van der Waals surface area contributed by atoms with E-state index < -0.39 is 0 Å². The molecule has 0 fully saturated rings. The molecule has 23 heavy (non-hydrogen) atoms. The zero-order valence-electron chi connectivity index (χ0n) is 13.2. The second-order valence-corrected chi connectivity index (χ2v) is 6.26. The normalized spacial score (nSPS) is 11.3. The molecular weight excluding hydrogens is 310 g/mol. The molecule has 0 radical (unpaired) electrons. The molecule has 2 aromatic heterocycles. The van der Waals surface area contributed by atoms with E-state index in [1.807, 2.05) is 61.5 Å². The minimum Gasteiger partial charge on any atom is -0.305 e. The van der Waals surface area contributed by atoms with Crippen LogP contribution >= 0.6 is 11.6 Å². The first-order chi connectivity index (χ1) is 11.0. The largest absolute Gasteiger partial charge is 0.305 e. The van der Waals surface area contributed by atoms with Crippen LogP contribution in [0.3, 0.4) is 0 Å². The van der Waals surface area contributed by atoms with Crippen LogP contribution in [-0.4, -0.2) is 28.5 Å². The van der Waals surface area contributed by atoms with Crippen LogP contribution in [0.15, 0.2) is 53.5 Å². The van der Waals surface area contributed by atoms with E-state index in [9.17, 15) is 4.79 Å². The van der Waals surface area contributed by atoms with Gasteiger partial charge in [0.15, 0.2) is 0 Å². The van der Waals surface area contributed by atoms with Crippen molar-refractivity contribution < 1.29 is 0 Å². The topological polar surface area (TPSA) is 38.1 Å². The zero-order chi connectivity index (χ0) is 16.4. The molecule has 0 aliphatic carbocycles. The van der Waals surface area contributed by atoms with Gasteiger partial charge in [-0.3, -0.25) is 9.78 Å². The van der Waals surface area contributed by atoms with Gasteiger partial charge in [0.25, 0.3) is 5.56 Å². The number of benzene rings is 1. The maximum Gasteiger partial charge on any atom is 0.255 e. The fourth-order valence-electron chi connectivity index (χ4n) is 2.67. The highest BCUT2D eigenvalue weighted by atomic mass is 35.5. The Balaban J connectivity index is 2.21. The van der Waals surface area contributed by atoms with E-state index in [-0.39, 0.29) is 5.56 Å². The Morgan fingerprint density at radius 2 is 2.00 bits per heavy atom. The SMILES string of the molecule is CN(C)Cc1cc2ccc(Cl)cc2n(Cc2ccccn2)c1=O. The fourth-order valence-corrected chi connectivity index (χ4v) is 2.84. The molecule has 0 atom stereocenters. The minimum atomic E-state index is -0.000815. The Morgan fingerprint density at radius 3 is 2.70 bits per heavy atom. The van der Waals surface area contributed by atoms with Crippen LogP contribution in [0.25, 0.3) is 10.9 Å². The number of nitrogens with zero attached hydrogens (tertiary/aromatic N) is 3. The third-order valence-electron chi connectivity index (χ3n) is 3.67. The second-order valence-electron chi connectivity index (χ2n) is 5.82. The quantitative estimate of drug-likeness (QED) is 0.739. The smallest absolute Gasteiger partial charge is 0.255 e. The molecule has 0 spiro atoms. The summed E-state index contributed by atoms with van der Waals surface area (Å²) < 4.78 is 1.75. The van der Waals surface area contributed by atoms with Crippen molar-refractivity contribution in [2.24, 2.45) is 0 Å². The van der Waals surface area contributed by atoms with Gasteiger partial charge >= 0.3 is 0 Å². The van der Waals surface area contributed by atoms with Crippen molar-refractivity contribution in [3.05, 3.63) is 75.3 Å². The number of hydrogen-bond donors (Lipinski definition) is 0. The Kier molecular flexibility index (Phi) is 4.46. The first-order valence-electron chi connectivity index (χ1n) is 7.41. The summed E-state index contributed by atoms with van der Waals surface area (Å²) in [6.45, 7) is 1.03. The predicted octanol–water partition coefficient (Wildman–Crippen LogP) is 3.16. The lowest BCUT2D eigenvalue weighted by molar-refractivity contribution is 0.399. The molecule has 4 nitrogen and oxygen atoms in total. The van der Waals surface area contributed by atoms with E-state index in [0.717, 1.165) is 22.2 Å². The van der Waals surface area contributed by atoms with E-state index in [0.29, 0.717) is 18.1 Å². The van der Waals surface area contributed by atoms with Gasteiger partial charge < -0.3 is 9.47 Å². The minimum absolute atomic E-state index is 0.000815. The lowest BCUT2D eigenvalue weighted by Gasteiger charge is -2.15. The fraction of sp³-hybridized carbons (Fsp3) is 0.222. The van der Waals surface area contributed by atoms with Crippen molar-refractivity contribution in [2.75, 3.05) is 14.1 Å². The summed E-state index contributed by atoms with van der Waals surface area (Å²) in [5, 5.41) is 1.62. The summed E-state index contributed by atoms with van der Waals surface area (Å²) in [5.41, 5.74) is 2.44. The molecule has 3 rings (SSSR count). The van der Waals surface area contributed by atoms with Gasteiger partial charge in [-0.1, -0.05) is 23.7 Å². The highest BCUT2D eigenvalue weighted by Gasteiger charge is 2.11. The van der Waals surface area contributed by atoms with E-state index >= 15 is 0 Å². The van der Waals surface area contributed by atoms with Gasteiger partial charge in [0.2, 0.25) is 0 Å². The molecule has 0 saturated carbocycles. The van der Waals surface area contributed by atoms with Crippen molar-refractivity contribution >= 4 is 22.5 Å². The molecule has 118 valence electrons. The van der Waals surface area contributed by atoms with Gasteiger partial charge in [-0.15, -0.1) is 0 Å². The number of rotatable bonds is 4. The molecule has 1 aromatic carbocycles. The molecule has 5 heteroatoms. The van der Waals surface area contributed by atoms with Gasteiger partial charge in [0.05, 0.1) is 17.8 Å². The molecule has 0 aliphatic rings. The number of pyridine rings is 2. The number of halogens is 1. The van der Waals surface area contributed by atoms with Crippen LogP contribution in [0.5, 0.6) is 0 Å². The molecule has 0 aliphatic heterocycles. The maximum absolute atomic E-state index is 12.9. The second kappa shape index (κ2) is 6.52. The van der Waals surface area contributed by atoms with Crippen LogP contribution in [0, 0.1) is 0 Å². The van der Waals surface area contributed by atoms with Crippen molar-refractivity contribution in [1.29, 1.82) is 0 Å². The van der Waals surface area contributed by atoms with Crippen LogP contribution in [0.4, 0.5) is 0 Å². The average Bonchev–Trinajstić information content (AvgIpc) is 2.52. The Morgan fingerprint density at radius 1 is 1.17 bits per heavy atom. The van der Waals surface area contributed by atoms with Gasteiger partial charge in [-0.25, -0.2) is 0 Å². The summed E-state index contributed by atoms with van der Waals surface area (Å²) in [5.74, 6) is 0. The number of hydrogen-bond acceptors (Lipinski definition) is 3. The molecule has 2 heterocycles. The van der Waals surface area contributed by atoms with Crippen molar-refractivity contribution in [3.63, 3.8) is 0 Å². The van der Waals surface area contributed by atoms with Crippen molar-refractivity contribution in [1.82, 2.24) is 14.5 Å². The Bertz CT molecular complexity index is 888.